The fourth-order valence-corrected chi connectivity index (χ4v) is 3.11. The minimum atomic E-state index is -1.75. The minimum absolute atomic E-state index is 0.0131. The Kier molecular flexibility index (Phi) is 3.55. The van der Waals surface area contributed by atoms with E-state index in [9.17, 15) is 4.79 Å². The molecule has 0 radical (unpaired) electrons. The highest BCUT2D eigenvalue weighted by atomic mass is 28.4. The van der Waals surface area contributed by atoms with E-state index in [4.69, 9.17) is 4.43 Å². The van der Waals surface area contributed by atoms with E-state index in [-0.39, 0.29) is 23.0 Å². The number of carbonyl (C=O) groups excluding carboxylic acids is 1. The summed E-state index contributed by atoms with van der Waals surface area (Å²) in [6, 6.07) is 0. The summed E-state index contributed by atoms with van der Waals surface area (Å²) < 4.78 is 6.29. The van der Waals surface area contributed by atoms with Crippen molar-refractivity contribution in [3.05, 3.63) is 0 Å². The van der Waals surface area contributed by atoms with Crippen LogP contribution in [0.3, 0.4) is 0 Å². The Morgan fingerprint density at radius 3 is 2.19 bits per heavy atom. The van der Waals surface area contributed by atoms with Gasteiger partial charge in [-0.05, 0) is 18.1 Å². The zero-order chi connectivity index (χ0) is 12.7. The van der Waals surface area contributed by atoms with Gasteiger partial charge in [-0.3, -0.25) is 4.79 Å². The van der Waals surface area contributed by atoms with Gasteiger partial charge in [0.1, 0.15) is 0 Å². The molecule has 1 rings (SSSR count). The first kappa shape index (κ1) is 13.7. The van der Waals surface area contributed by atoms with E-state index >= 15 is 0 Å². The fraction of sp³-hybridized carbons (Fsp3) is 0.917. The smallest absolute Gasteiger partial charge is 0.227 e. The van der Waals surface area contributed by atoms with Crippen LogP contribution in [-0.4, -0.2) is 38.8 Å². The Morgan fingerprint density at radius 1 is 1.38 bits per heavy atom. The molecule has 0 N–H and O–H groups in total. The third kappa shape index (κ3) is 2.48. The van der Waals surface area contributed by atoms with Gasteiger partial charge in [0, 0.05) is 13.6 Å². The van der Waals surface area contributed by atoms with Crippen LogP contribution in [-0.2, 0) is 9.22 Å². The van der Waals surface area contributed by atoms with E-state index in [1.54, 1.807) is 4.90 Å². The first-order valence-electron chi connectivity index (χ1n) is 5.99. The monoisotopic (exact) mass is 243 g/mol. The molecule has 0 aromatic carbocycles. The molecule has 0 unspecified atom stereocenters. The van der Waals surface area contributed by atoms with E-state index in [1.165, 1.54) is 0 Å². The van der Waals surface area contributed by atoms with Gasteiger partial charge in [0.2, 0.25) is 5.91 Å². The van der Waals surface area contributed by atoms with Gasteiger partial charge in [-0.25, -0.2) is 0 Å². The third-order valence-corrected chi connectivity index (χ3v) is 8.53. The van der Waals surface area contributed by atoms with Gasteiger partial charge in [0.05, 0.1) is 12.0 Å². The molecule has 4 heteroatoms. The lowest BCUT2D eigenvalue weighted by molar-refractivity contribution is -0.129. The second kappa shape index (κ2) is 4.15. The largest absolute Gasteiger partial charge is 0.411 e. The van der Waals surface area contributed by atoms with E-state index < -0.39 is 8.32 Å². The second-order valence-corrected chi connectivity index (χ2v) is 11.2. The molecule has 1 aliphatic heterocycles. The number of amides is 1. The molecule has 2 atom stereocenters. The van der Waals surface area contributed by atoms with Crippen molar-refractivity contribution in [1.29, 1.82) is 0 Å². The maximum Gasteiger partial charge on any atom is 0.227 e. The van der Waals surface area contributed by atoms with Gasteiger partial charge in [-0.15, -0.1) is 0 Å². The number of nitrogens with zero attached hydrogens (tertiary/aromatic N) is 1. The topological polar surface area (TPSA) is 29.5 Å². The summed E-state index contributed by atoms with van der Waals surface area (Å²) in [4.78, 5) is 13.5. The zero-order valence-corrected chi connectivity index (χ0v) is 12.6. The maximum absolute atomic E-state index is 11.7. The third-order valence-electron chi connectivity index (χ3n) is 4.03. The van der Waals surface area contributed by atoms with Crippen LogP contribution in [0.1, 0.15) is 27.7 Å². The molecule has 0 spiro atoms. The lowest BCUT2D eigenvalue weighted by atomic mass is 10.1. The van der Waals surface area contributed by atoms with Gasteiger partial charge < -0.3 is 9.33 Å². The highest BCUT2D eigenvalue weighted by Gasteiger charge is 2.44. The number of likely N-dealkylation sites (N-methyl/N-ethyl adjacent to an activating group) is 1. The van der Waals surface area contributed by atoms with Crippen LogP contribution in [0.2, 0.25) is 18.1 Å². The first-order chi connectivity index (χ1) is 7.06. The van der Waals surface area contributed by atoms with Crippen molar-refractivity contribution >= 4 is 14.2 Å². The molecule has 0 bridgehead atoms. The lowest BCUT2D eigenvalue weighted by Crippen LogP contribution is -2.45. The van der Waals surface area contributed by atoms with E-state index in [0.717, 1.165) is 6.54 Å². The standard InChI is InChI=1S/C12H25NO2Si/c1-9-10(8-13(5)11(9)14)15-16(6,7)12(2,3)4/h9-10H,8H2,1-7H3/t9-,10+/m0/s1. The summed E-state index contributed by atoms with van der Waals surface area (Å²) >= 11 is 0. The number of rotatable bonds is 2. The molecule has 0 saturated carbocycles. The Hall–Kier alpha value is -0.353. The summed E-state index contributed by atoms with van der Waals surface area (Å²) in [5, 5.41) is 0.205. The van der Waals surface area contributed by atoms with Crippen molar-refractivity contribution in [3.63, 3.8) is 0 Å². The SMILES string of the molecule is C[C@@H]1C(=O)N(C)C[C@H]1O[Si](C)(C)C(C)(C)C. The zero-order valence-electron chi connectivity index (χ0n) is 11.6. The van der Waals surface area contributed by atoms with Crippen molar-refractivity contribution in [1.82, 2.24) is 4.90 Å². The lowest BCUT2D eigenvalue weighted by Gasteiger charge is -2.38. The molecule has 1 aliphatic rings. The van der Waals surface area contributed by atoms with Crippen LogP contribution in [0.15, 0.2) is 0 Å². The molecule has 0 aromatic heterocycles. The van der Waals surface area contributed by atoms with Crippen molar-refractivity contribution in [3.8, 4) is 0 Å². The number of hydrogen-bond donors (Lipinski definition) is 0. The molecular formula is C12H25NO2Si. The number of hydrogen-bond acceptors (Lipinski definition) is 2. The highest BCUT2D eigenvalue weighted by molar-refractivity contribution is 6.74. The van der Waals surface area contributed by atoms with Crippen molar-refractivity contribution in [2.24, 2.45) is 5.92 Å². The molecule has 94 valence electrons. The Labute approximate surface area is 100 Å². The van der Waals surface area contributed by atoms with E-state index in [1.807, 2.05) is 14.0 Å². The van der Waals surface area contributed by atoms with Gasteiger partial charge in [0.25, 0.3) is 0 Å². The van der Waals surface area contributed by atoms with Crippen LogP contribution < -0.4 is 0 Å². The molecule has 1 amide bonds. The second-order valence-electron chi connectivity index (χ2n) is 6.42. The van der Waals surface area contributed by atoms with Crippen molar-refractivity contribution < 1.29 is 9.22 Å². The molecule has 1 heterocycles. The summed E-state index contributed by atoms with van der Waals surface area (Å²) in [7, 11) is 0.105. The van der Waals surface area contributed by atoms with Crippen molar-refractivity contribution in [2.45, 2.75) is 51.9 Å². The average molecular weight is 243 g/mol. The van der Waals surface area contributed by atoms with Crippen molar-refractivity contribution in [2.75, 3.05) is 13.6 Å². The fourth-order valence-electron chi connectivity index (χ4n) is 1.72. The highest BCUT2D eigenvalue weighted by Crippen LogP contribution is 2.39. The predicted molar refractivity (Wildman–Crippen MR) is 68.9 cm³/mol. The first-order valence-corrected chi connectivity index (χ1v) is 8.90. The molecule has 1 saturated heterocycles. The molecule has 1 fully saturated rings. The van der Waals surface area contributed by atoms with Crippen LogP contribution in [0.5, 0.6) is 0 Å². The van der Waals surface area contributed by atoms with Crippen LogP contribution in [0.4, 0.5) is 0 Å². The summed E-state index contributed by atoms with van der Waals surface area (Å²) in [5.41, 5.74) is 0. The predicted octanol–water partition coefficient (Wildman–Crippen LogP) is 2.48. The molecule has 0 aromatic rings. The van der Waals surface area contributed by atoms with E-state index in [2.05, 4.69) is 33.9 Å². The molecular weight excluding hydrogens is 218 g/mol. The summed E-state index contributed by atoms with van der Waals surface area (Å²) in [5.74, 6) is 0.225. The Morgan fingerprint density at radius 2 is 1.88 bits per heavy atom. The quantitative estimate of drug-likeness (QED) is 0.697. The van der Waals surface area contributed by atoms with Gasteiger partial charge in [-0.1, -0.05) is 27.7 Å². The molecule has 0 aliphatic carbocycles. The number of likely N-dealkylation sites (tertiary alicyclic amines) is 1. The van der Waals surface area contributed by atoms with Crippen LogP contribution in [0, 0.1) is 5.92 Å². The molecule has 16 heavy (non-hydrogen) atoms. The molecule has 3 nitrogen and oxygen atoms in total. The van der Waals surface area contributed by atoms with Gasteiger partial charge in [-0.2, -0.15) is 0 Å². The average Bonchev–Trinajstić information content (AvgIpc) is 2.31. The van der Waals surface area contributed by atoms with Crippen LogP contribution in [0.25, 0.3) is 0 Å². The number of carbonyl (C=O) groups is 1. The minimum Gasteiger partial charge on any atom is -0.411 e. The van der Waals surface area contributed by atoms with Crippen LogP contribution >= 0.6 is 0 Å². The summed E-state index contributed by atoms with van der Waals surface area (Å²) in [6.45, 7) is 13.9. The van der Waals surface area contributed by atoms with E-state index in [0.29, 0.717) is 0 Å². The Balaban J connectivity index is 2.73. The van der Waals surface area contributed by atoms with Gasteiger partial charge >= 0.3 is 0 Å². The van der Waals surface area contributed by atoms with Gasteiger partial charge in [0.15, 0.2) is 8.32 Å². The normalized spacial score (nSPS) is 27.7. The maximum atomic E-state index is 11.7. The summed E-state index contributed by atoms with van der Waals surface area (Å²) in [6.07, 6.45) is 0.0818. The Bertz CT molecular complexity index is 283.